The number of halogens is 1. The molecule has 2 aliphatic heterocycles. The third-order valence-corrected chi connectivity index (χ3v) is 5.10. The highest BCUT2D eigenvalue weighted by atomic mass is 35.5. The molecule has 22 heavy (non-hydrogen) atoms. The van der Waals surface area contributed by atoms with Gasteiger partial charge in [0, 0.05) is 35.2 Å². The van der Waals surface area contributed by atoms with Crippen molar-refractivity contribution in [2.75, 3.05) is 20.1 Å². The first-order valence-corrected chi connectivity index (χ1v) is 7.93. The molecular formula is C18H18ClNO2. The van der Waals surface area contributed by atoms with Crippen LogP contribution in [0.1, 0.15) is 23.5 Å². The summed E-state index contributed by atoms with van der Waals surface area (Å²) in [6, 6.07) is 13.5. The zero-order valence-electron chi connectivity index (χ0n) is 12.4. The largest absolute Gasteiger partial charge is 0.457 e. The Hall–Kier alpha value is -1.55. The molecule has 3 nitrogen and oxygen atoms in total. The second-order valence-electron chi connectivity index (χ2n) is 6.27. The molecule has 0 bridgehead atoms. The molecule has 0 aliphatic carbocycles. The molecule has 0 spiro atoms. The number of ether oxygens (including phenoxy) is 1. The van der Waals surface area contributed by atoms with E-state index in [4.69, 9.17) is 16.3 Å². The fraction of sp³-hybridized carbons (Fsp3) is 0.333. The number of piperidine rings is 1. The van der Waals surface area contributed by atoms with Gasteiger partial charge >= 0.3 is 0 Å². The zero-order chi connectivity index (χ0) is 15.3. The summed E-state index contributed by atoms with van der Waals surface area (Å²) < 4.78 is 6.11. The molecule has 1 saturated heterocycles. The lowest BCUT2D eigenvalue weighted by Crippen LogP contribution is -2.46. The minimum Gasteiger partial charge on any atom is -0.457 e. The Kier molecular flexibility index (Phi) is 3.19. The number of aliphatic hydroxyl groups is 1. The number of hydrogen-bond donors (Lipinski definition) is 1. The highest BCUT2D eigenvalue weighted by molar-refractivity contribution is 6.30. The maximum atomic E-state index is 11.5. The van der Waals surface area contributed by atoms with Crippen molar-refractivity contribution >= 4 is 11.6 Å². The van der Waals surface area contributed by atoms with Crippen molar-refractivity contribution in [1.82, 2.24) is 4.90 Å². The molecule has 0 aromatic heterocycles. The predicted molar refractivity (Wildman–Crippen MR) is 86.7 cm³/mol. The second kappa shape index (κ2) is 4.98. The van der Waals surface area contributed by atoms with Crippen LogP contribution in [-0.4, -0.2) is 30.1 Å². The van der Waals surface area contributed by atoms with E-state index in [-0.39, 0.29) is 5.92 Å². The molecule has 1 N–H and O–H groups in total. The van der Waals surface area contributed by atoms with Crippen molar-refractivity contribution in [2.45, 2.75) is 17.9 Å². The molecule has 2 atom stereocenters. The first-order chi connectivity index (χ1) is 10.6. The van der Waals surface area contributed by atoms with Crippen molar-refractivity contribution in [3.05, 3.63) is 58.6 Å². The fourth-order valence-electron chi connectivity index (χ4n) is 3.68. The van der Waals surface area contributed by atoms with Crippen LogP contribution in [0.15, 0.2) is 42.5 Å². The van der Waals surface area contributed by atoms with Crippen molar-refractivity contribution in [1.29, 1.82) is 0 Å². The summed E-state index contributed by atoms with van der Waals surface area (Å²) >= 11 is 6.14. The van der Waals surface area contributed by atoms with E-state index in [1.807, 2.05) is 42.5 Å². The van der Waals surface area contributed by atoms with Crippen molar-refractivity contribution in [3.8, 4) is 11.5 Å². The zero-order valence-corrected chi connectivity index (χ0v) is 13.2. The first-order valence-electron chi connectivity index (χ1n) is 7.56. The monoisotopic (exact) mass is 315 g/mol. The van der Waals surface area contributed by atoms with Crippen LogP contribution in [0.2, 0.25) is 5.02 Å². The molecule has 4 rings (SSSR count). The van der Waals surface area contributed by atoms with Gasteiger partial charge in [-0.15, -0.1) is 0 Å². The number of para-hydroxylation sites is 1. The van der Waals surface area contributed by atoms with E-state index >= 15 is 0 Å². The van der Waals surface area contributed by atoms with Crippen molar-refractivity contribution in [2.24, 2.45) is 0 Å². The van der Waals surface area contributed by atoms with Gasteiger partial charge in [-0.1, -0.05) is 35.9 Å². The Morgan fingerprint density at radius 2 is 2.05 bits per heavy atom. The molecule has 4 heteroatoms. The Bertz CT molecular complexity index is 733. The summed E-state index contributed by atoms with van der Waals surface area (Å²) in [7, 11) is 2.09. The molecule has 2 aromatic rings. The van der Waals surface area contributed by atoms with E-state index in [0.717, 1.165) is 35.7 Å². The van der Waals surface area contributed by atoms with Crippen LogP contribution in [0.4, 0.5) is 0 Å². The molecule has 114 valence electrons. The van der Waals surface area contributed by atoms with Gasteiger partial charge in [-0.05, 0) is 31.7 Å². The molecule has 0 radical (unpaired) electrons. The number of nitrogens with zero attached hydrogens (tertiary/aromatic N) is 1. The van der Waals surface area contributed by atoms with E-state index in [2.05, 4.69) is 11.9 Å². The summed E-state index contributed by atoms with van der Waals surface area (Å²) in [5.74, 6) is 1.44. The van der Waals surface area contributed by atoms with E-state index in [0.29, 0.717) is 11.4 Å². The smallest absolute Gasteiger partial charge is 0.133 e. The number of rotatable bonds is 0. The lowest BCUT2D eigenvalue weighted by molar-refractivity contribution is -0.0411. The van der Waals surface area contributed by atoms with Gasteiger partial charge in [0.25, 0.3) is 0 Å². The lowest BCUT2D eigenvalue weighted by atomic mass is 9.73. The maximum Gasteiger partial charge on any atom is 0.133 e. The Morgan fingerprint density at radius 3 is 2.91 bits per heavy atom. The normalized spacial score (nSPS) is 27.1. The molecule has 1 fully saturated rings. The van der Waals surface area contributed by atoms with E-state index < -0.39 is 5.60 Å². The molecule has 0 unspecified atom stereocenters. The van der Waals surface area contributed by atoms with Crippen LogP contribution >= 0.6 is 11.6 Å². The van der Waals surface area contributed by atoms with Crippen LogP contribution in [0, 0.1) is 0 Å². The number of hydrogen-bond acceptors (Lipinski definition) is 3. The van der Waals surface area contributed by atoms with Crippen molar-refractivity contribution < 1.29 is 9.84 Å². The van der Waals surface area contributed by atoms with Gasteiger partial charge in [0.15, 0.2) is 0 Å². The minimum absolute atomic E-state index is 0.0258. The van der Waals surface area contributed by atoms with E-state index in [1.54, 1.807) is 0 Å². The summed E-state index contributed by atoms with van der Waals surface area (Å²) in [4.78, 5) is 2.26. The summed E-state index contributed by atoms with van der Waals surface area (Å²) in [5.41, 5.74) is 0.998. The summed E-state index contributed by atoms with van der Waals surface area (Å²) in [6.07, 6.45) is 0.691. The van der Waals surface area contributed by atoms with Gasteiger partial charge in [0.05, 0.1) is 0 Å². The number of likely N-dealkylation sites (N-methyl/N-ethyl adjacent to an activating group) is 1. The summed E-state index contributed by atoms with van der Waals surface area (Å²) in [6.45, 7) is 1.66. The minimum atomic E-state index is -0.901. The third-order valence-electron chi connectivity index (χ3n) is 4.87. The molecule has 0 saturated carbocycles. The van der Waals surface area contributed by atoms with Crippen LogP contribution in [-0.2, 0) is 5.60 Å². The van der Waals surface area contributed by atoms with Gasteiger partial charge in [-0.2, -0.15) is 0 Å². The number of fused-ring (bicyclic) bond motifs is 5. The fourth-order valence-corrected chi connectivity index (χ4v) is 3.85. The van der Waals surface area contributed by atoms with E-state index in [9.17, 15) is 5.11 Å². The maximum absolute atomic E-state index is 11.5. The van der Waals surface area contributed by atoms with Crippen LogP contribution in [0.3, 0.4) is 0 Å². The number of benzene rings is 2. The SMILES string of the molecule is CN1CC[C@]2(O)c3ccccc3Oc3cc(Cl)ccc3[C@@H]2C1. The first kappa shape index (κ1) is 14.1. The van der Waals surface area contributed by atoms with Crippen LogP contribution in [0.5, 0.6) is 11.5 Å². The van der Waals surface area contributed by atoms with Gasteiger partial charge in [-0.25, -0.2) is 0 Å². The Labute approximate surface area is 135 Å². The number of likely N-dealkylation sites (tertiary alicyclic amines) is 1. The third kappa shape index (κ3) is 2.04. The molecule has 2 aromatic carbocycles. The molecule has 0 amide bonds. The molecular weight excluding hydrogens is 298 g/mol. The van der Waals surface area contributed by atoms with Gasteiger partial charge in [0.1, 0.15) is 17.1 Å². The van der Waals surface area contributed by atoms with Crippen molar-refractivity contribution in [3.63, 3.8) is 0 Å². The molecule has 2 heterocycles. The quantitative estimate of drug-likeness (QED) is 0.803. The Morgan fingerprint density at radius 1 is 1.23 bits per heavy atom. The predicted octanol–water partition coefficient (Wildman–Crippen LogP) is 3.75. The van der Waals surface area contributed by atoms with Crippen LogP contribution < -0.4 is 4.74 Å². The summed E-state index contributed by atoms with van der Waals surface area (Å²) in [5, 5.41) is 12.2. The highest BCUT2D eigenvalue weighted by Gasteiger charge is 2.47. The topological polar surface area (TPSA) is 32.7 Å². The second-order valence-corrected chi connectivity index (χ2v) is 6.71. The van der Waals surface area contributed by atoms with Gasteiger partial charge in [0.2, 0.25) is 0 Å². The average Bonchev–Trinajstić information content (AvgIpc) is 2.60. The van der Waals surface area contributed by atoms with Gasteiger partial charge < -0.3 is 14.7 Å². The van der Waals surface area contributed by atoms with Crippen LogP contribution in [0.25, 0.3) is 0 Å². The average molecular weight is 316 g/mol. The van der Waals surface area contributed by atoms with Gasteiger partial charge in [-0.3, -0.25) is 0 Å². The highest BCUT2D eigenvalue weighted by Crippen LogP contribution is 2.52. The Balaban J connectivity index is 1.97. The lowest BCUT2D eigenvalue weighted by Gasteiger charge is -2.43. The standard InChI is InChI=1S/C18H18ClNO2/c1-20-9-8-18(21)14-4-2-3-5-16(14)22-17-10-12(19)6-7-13(17)15(18)11-20/h2-7,10,15,21H,8-9,11H2,1H3/t15-,18-/m0/s1. The molecule has 2 aliphatic rings. The van der Waals surface area contributed by atoms with E-state index in [1.165, 1.54) is 0 Å².